The van der Waals surface area contributed by atoms with Crippen molar-refractivity contribution in [3.8, 4) is 0 Å². The van der Waals surface area contributed by atoms with Crippen molar-refractivity contribution in [2.45, 2.75) is 25.7 Å². The Morgan fingerprint density at radius 3 is 3.00 bits per heavy atom. The molecule has 1 fully saturated rings. The number of ether oxygens (including phenoxy) is 1. The van der Waals surface area contributed by atoms with Crippen LogP contribution in [-0.4, -0.2) is 26.8 Å². The molecular weight excluding hydrogens is 210 g/mol. The number of hydrogen-bond donors (Lipinski definition) is 1. The molecule has 0 aliphatic heterocycles. The summed E-state index contributed by atoms with van der Waals surface area (Å²) in [5.74, 6) is 0.779. The van der Waals surface area contributed by atoms with E-state index < -0.39 is 0 Å². The summed E-state index contributed by atoms with van der Waals surface area (Å²) in [4.78, 5) is 0. The number of rotatable bonds is 6. The Balaban J connectivity index is 1.86. The van der Waals surface area contributed by atoms with Gasteiger partial charge >= 0.3 is 0 Å². The monoisotopic (exact) mass is 233 g/mol. The molecule has 17 heavy (non-hydrogen) atoms. The van der Waals surface area contributed by atoms with E-state index in [0.29, 0.717) is 5.41 Å². The molecule has 1 aliphatic rings. The maximum atomic E-state index is 5.03. The summed E-state index contributed by atoms with van der Waals surface area (Å²) in [6.07, 6.45) is 1.30. The van der Waals surface area contributed by atoms with E-state index in [4.69, 9.17) is 4.74 Å². The number of aryl methyl sites for hydroxylation is 1. The van der Waals surface area contributed by atoms with Crippen molar-refractivity contribution in [1.29, 1.82) is 0 Å². The minimum atomic E-state index is 0.395. The summed E-state index contributed by atoms with van der Waals surface area (Å²) in [6.45, 7) is 7.41. The molecule has 2 nitrogen and oxygen atoms in total. The molecule has 0 bridgehead atoms. The van der Waals surface area contributed by atoms with Crippen LogP contribution in [-0.2, 0) is 10.2 Å². The first-order valence-corrected chi connectivity index (χ1v) is 6.43. The highest BCUT2D eigenvalue weighted by molar-refractivity contribution is 5.35. The first-order chi connectivity index (χ1) is 8.16. The second-order valence-corrected chi connectivity index (χ2v) is 5.38. The average molecular weight is 233 g/mol. The SMILES string of the molecule is COCCNCC1CC1(C)c1cccc(C)c1. The summed E-state index contributed by atoms with van der Waals surface area (Å²) in [5, 5.41) is 3.46. The second kappa shape index (κ2) is 5.19. The van der Waals surface area contributed by atoms with E-state index in [-0.39, 0.29) is 0 Å². The van der Waals surface area contributed by atoms with Crippen molar-refractivity contribution in [3.05, 3.63) is 35.4 Å². The molecule has 2 unspecified atom stereocenters. The Labute approximate surface area is 104 Å². The van der Waals surface area contributed by atoms with E-state index in [1.54, 1.807) is 7.11 Å². The maximum Gasteiger partial charge on any atom is 0.0587 e. The van der Waals surface area contributed by atoms with Crippen LogP contribution in [0.15, 0.2) is 24.3 Å². The molecule has 2 atom stereocenters. The highest BCUT2D eigenvalue weighted by atomic mass is 16.5. The first-order valence-electron chi connectivity index (χ1n) is 6.43. The molecular formula is C15H23NO. The fourth-order valence-corrected chi connectivity index (χ4v) is 2.55. The zero-order valence-corrected chi connectivity index (χ0v) is 11.1. The van der Waals surface area contributed by atoms with Gasteiger partial charge in [0.1, 0.15) is 0 Å². The number of methoxy groups -OCH3 is 1. The summed E-state index contributed by atoms with van der Waals surface area (Å²) in [5.41, 5.74) is 3.25. The highest BCUT2D eigenvalue weighted by Gasteiger charge is 2.50. The van der Waals surface area contributed by atoms with Crippen molar-refractivity contribution in [3.63, 3.8) is 0 Å². The summed E-state index contributed by atoms with van der Waals surface area (Å²) < 4.78 is 5.03. The van der Waals surface area contributed by atoms with Gasteiger partial charge in [-0.2, -0.15) is 0 Å². The summed E-state index contributed by atoms with van der Waals surface area (Å²) in [7, 11) is 1.75. The number of nitrogens with one attached hydrogen (secondary N) is 1. The van der Waals surface area contributed by atoms with Crippen LogP contribution in [0.1, 0.15) is 24.5 Å². The van der Waals surface area contributed by atoms with Gasteiger partial charge in [-0.3, -0.25) is 0 Å². The predicted octanol–water partition coefficient (Wildman–Crippen LogP) is 2.51. The molecule has 2 heteroatoms. The minimum Gasteiger partial charge on any atom is -0.383 e. The standard InChI is InChI=1S/C15H23NO/c1-12-5-4-6-13(9-12)15(2)10-14(15)11-16-7-8-17-3/h4-6,9,14,16H,7-8,10-11H2,1-3H3. The largest absolute Gasteiger partial charge is 0.383 e. The van der Waals surface area contributed by atoms with Crippen molar-refractivity contribution < 1.29 is 4.74 Å². The molecule has 1 saturated carbocycles. The predicted molar refractivity (Wildman–Crippen MR) is 71.4 cm³/mol. The molecule has 0 radical (unpaired) electrons. The Morgan fingerprint density at radius 1 is 1.47 bits per heavy atom. The maximum absolute atomic E-state index is 5.03. The lowest BCUT2D eigenvalue weighted by Crippen LogP contribution is -2.23. The normalized spacial score (nSPS) is 27.1. The third kappa shape index (κ3) is 2.88. The third-order valence-corrected chi connectivity index (χ3v) is 3.96. The van der Waals surface area contributed by atoms with Crippen LogP contribution in [0, 0.1) is 12.8 Å². The van der Waals surface area contributed by atoms with Gasteiger partial charge in [0.2, 0.25) is 0 Å². The average Bonchev–Trinajstić information content (AvgIpc) is 2.98. The van der Waals surface area contributed by atoms with Crippen LogP contribution in [0.3, 0.4) is 0 Å². The lowest BCUT2D eigenvalue weighted by Gasteiger charge is -2.13. The van der Waals surface area contributed by atoms with Crippen molar-refractivity contribution in [2.24, 2.45) is 5.92 Å². The lowest BCUT2D eigenvalue weighted by atomic mass is 9.94. The van der Waals surface area contributed by atoms with Gasteiger partial charge < -0.3 is 10.1 Å². The summed E-state index contributed by atoms with van der Waals surface area (Å²) >= 11 is 0. The molecule has 0 spiro atoms. The third-order valence-electron chi connectivity index (χ3n) is 3.96. The van der Waals surface area contributed by atoms with E-state index in [0.717, 1.165) is 25.6 Å². The smallest absolute Gasteiger partial charge is 0.0587 e. The summed E-state index contributed by atoms with van der Waals surface area (Å²) in [6, 6.07) is 8.93. The molecule has 1 aliphatic carbocycles. The highest BCUT2D eigenvalue weighted by Crippen LogP contribution is 2.53. The van der Waals surface area contributed by atoms with Gasteiger partial charge in [0.05, 0.1) is 6.61 Å². The van der Waals surface area contributed by atoms with Gasteiger partial charge in [0.25, 0.3) is 0 Å². The fourth-order valence-electron chi connectivity index (χ4n) is 2.55. The van der Waals surface area contributed by atoms with Crippen molar-refractivity contribution in [1.82, 2.24) is 5.32 Å². The van der Waals surface area contributed by atoms with E-state index in [1.807, 2.05) is 0 Å². The second-order valence-electron chi connectivity index (χ2n) is 5.38. The molecule has 2 rings (SSSR count). The van der Waals surface area contributed by atoms with Crippen LogP contribution in [0.2, 0.25) is 0 Å². The van der Waals surface area contributed by atoms with Crippen LogP contribution in [0.4, 0.5) is 0 Å². The Kier molecular flexibility index (Phi) is 3.85. The quantitative estimate of drug-likeness (QED) is 0.762. The Hall–Kier alpha value is -0.860. The first kappa shape index (κ1) is 12.6. The van der Waals surface area contributed by atoms with Crippen LogP contribution < -0.4 is 5.32 Å². The Morgan fingerprint density at radius 2 is 2.29 bits per heavy atom. The zero-order valence-electron chi connectivity index (χ0n) is 11.1. The van der Waals surface area contributed by atoms with Gasteiger partial charge in [-0.05, 0) is 36.8 Å². The zero-order chi connectivity index (χ0) is 12.3. The molecule has 0 saturated heterocycles. The topological polar surface area (TPSA) is 21.3 Å². The van der Waals surface area contributed by atoms with E-state index in [9.17, 15) is 0 Å². The van der Waals surface area contributed by atoms with Crippen LogP contribution in [0.5, 0.6) is 0 Å². The molecule has 1 aromatic rings. The number of benzene rings is 1. The number of hydrogen-bond acceptors (Lipinski definition) is 2. The van der Waals surface area contributed by atoms with E-state index in [1.165, 1.54) is 17.5 Å². The van der Waals surface area contributed by atoms with E-state index in [2.05, 4.69) is 43.4 Å². The van der Waals surface area contributed by atoms with Crippen molar-refractivity contribution in [2.75, 3.05) is 26.8 Å². The lowest BCUT2D eigenvalue weighted by molar-refractivity contribution is 0.199. The molecule has 0 heterocycles. The molecule has 1 aromatic carbocycles. The molecule has 0 amide bonds. The molecule has 1 N–H and O–H groups in total. The van der Waals surface area contributed by atoms with Gasteiger partial charge in [0.15, 0.2) is 0 Å². The van der Waals surface area contributed by atoms with Crippen LogP contribution in [0.25, 0.3) is 0 Å². The van der Waals surface area contributed by atoms with Gasteiger partial charge in [-0.15, -0.1) is 0 Å². The minimum absolute atomic E-state index is 0.395. The van der Waals surface area contributed by atoms with Gasteiger partial charge in [0, 0.05) is 13.7 Å². The molecule has 94 valence electrons. The van der Waals surface area contributed by atoms with Gasteiger partial charge in [-0.25, -0.2) is 0 Å². The molecule has 0 aromatic heterocycles. The van der Waals surface area contributed by atoms with Crippen molar-refractivity contribution >= 4 is 0 Å². The van der Waals surface area contributed by atoms with Gasteiger partial charge in [-0.1, -0.05) is 36.8 Å². The fraction of sp³-hybridized carbons (Fsp3) is 0.600. The van der Waals surface area contributed by atoms with Crippen LogP contribution >= 0.6 is 0 Å². The Bertz CT molecular complexity index is 377. The van der Waals surface area contributed by atoms with E-state index >= 15 is 0 Å².